The van der Waals surface area contributed by atoms with E-state index in [2.05, 4.69) is 43.2 Å². The van der Waals surface area contributed by atoms with E-state index < -0.39 is 0 Å². The van der Waals surface area contributed by atoms with Crippen LogP contribution in [0.5, 0.6) is 0 Å². The number of halogens is 2. The Hall–Kier alpha value is 0.1000. The van der Waals surface area contributed by atoms with Gasteiger partial charge in [-0.3, -0.25) is 0 Å². The van der Waals surface area contributed by atoms with Crippen LogP contribution in [0.2, 0.25) is 0 Å². The normalized spacial score (nSPS) is 12.9. The predicted molar refractivity (Wildman–Crippen MR) is 65.5 cm³/mol. The Morgan fingerprint density at radius 3 is 2.64 bits per heavy atom. The first kappa shape index (κ1) is 12.2. The van der Waals surface area contributed by atoms with Gasteiger partial charge < -0.3 is 10.1 Å². The van der Waals surface area contributed by atoms with Crippen molar-refractivity contribution >= 4 is 31.9 Å². The lowest BCUT2D eigenvalue weighted by atomic mass is 10.1. The van der Waals surface area contributed by atoms with E-state index in [-0.39, 0.29) is 6.04 Å². The molecule has 4 heteroatoms. The molecule has 0 bridgehead atoms. The quantitative estimate of drug-likeness (QED) is 0.919. The number of nitrogens with one attached hydrogen (secondary N) is 1. The number of rotatable bonds is 4. The van der Waals surface area contributed by atoms with E-state index in [1.165, 1.54) is 5.56 Å². The first-order valence-corrected chi connectivity index (χ1v) is 5.88. The molecule has 0 radical (unpaired) electrons. The van der Waals surface area contributed by atoms with Gasteiger partial charge in [-0.25, -0.2) is 0 Å². The minimum atomic E-state index is 0.225. The molecule has 0 aliphatic heterocycles. The largest absolute Gasteiger partial charge is 0.383 e. The van der Waals surface area contributed by atoms with Gasteiger partial charge in [-0.2, -0.15) is 0 Å². The molecule has 0 aromatic heterocycles. The molecule has 0 saturated heterocycles. The highest BCUT2D eigenvalue weighted by atomic mass is 79.9. The van der Waals surface area contributed by atoms with E-state index in [4.69, 9.17) is 4.74 Å². The standard InChI is InChI=1S/C10H13Br2NO/c1-13-10(6-14-2)8-4-3-7(11)5-9(8)12/h3-5,10,13H,6H2,1-2H3. The third kappa shape index (κ3) is 3.05. The van der Waals surface area contributed by atoms with Crippen molar-refractivity contribution in [3.63, 3.8) is 0 Å². The van der Waals surface area contributed by atoms with Crippen LogP contribution in [0, 0.1) is 0 Å². The Morgan fingerprint density at radius 2 is 2.14 bits per heavy atom. The van der Waals surface area contributed by atoms with Crippen LogP contribution in [-0.2, 0) is 4.74 Å². The second kappa shape index (κ2) is 5.85. The SMILES string of the molecule is CNC(COC)c1ccc(Br)cc1Br. The summed E-state index contributed by atoms with van der Waals surface area (Å²) >= 11 is 6.96. The van der Waals surface area contributed by atoms with Crippen molar-refractivity contribution in [3.8, 4) is 0 Å². The Balaban J connectivity index is 2.92. The smallest absolute Gasteiger partial charge is 0.0658 e. The molecule has 0 aliphatic carbocycles. The molecule has 0 saturated carbocycles. The molecule has 0 aliphatic rings. The van der Waals surface area contributed by atoms with Gasteiger partial charge in [0.05, 0.1) is 12.6 Å². The van der Waals surface area contributed by atoms with Crippen molar-refractivity contribution in [2.45, 2.75) is 6.04 Å². The Labute approximate surface area is 101 Å². The zero-order chi connectivity index (χ0) is 10.6. The molecular formula is C10H13Br2NO. The summed E-state index contributed by atoms with van der Waals surface area (Å²) < 4.78 is 7.30. The summed E-state index contributed by atoms with van der Waals surface area (Å²) in [4.78, 5) is 0. The molecule has 78 valence electrons. The molecule has 0 fully saturated rings. The second-order valence-corrected chi connectivity index (χ2v) is 4.73. The highest BCUT2D eigenvalue weighted by molar-refractivity contribution is 9.11. The van der Waals surface area contributed by atoms with Gasteiger partial charge >= 0.3 is 0 Å². The lowest BCUT2D eigenvalue weighted by Gasteiger charge is -2.17. The van der Waals surface area contributed by atoms with Gasteiger partial charge in [0.2, 0.25) is 0 Å². The summed E-state index contributed by atoms with van der Waals surface area (Å²) in [6, 6.07) is 6.37. The number of hydrogen-bond acceptors (Lipinski definition) is 2. The number of hydrogen-bond donors (Lipinski definition) is 1. The molecule has 1 rings (SSSR count). The highest BCUT2D eigenvalue weighted by Crippen LogP contribution is 2.26. The lowest BCUT2D eigenvalue weighted by Crippen LogP contribution is -2.21. The minimum Gasteiger partial charge on any atom is -0.383 e. The molecule has 0 amide bonds. The fraction of sp³-hybridized carbons (Fsp3) is 0.400. The van der Waals surface area contributed by atoms with Crippen molar-refractivity contribution in [1.29, 1.82) is 0 Å². The van der Waals surface area contributed by atoms with E-state index in [9.17, 15) is 0 Å². The second-order valence-electron chi connectivity index (χ2n) is 2.96. The summed E-state index contributed by atoms with van der Waals surface area (Å²) in [5, 5.41) is 3.21. The van der Waals surface area contributed by atoms with E-state index in [1.807, 2.05) is 19.2 Å². The van der Waals surface area contributed by atoms with E-state index >= 15 is 0 Å². The molecule has 1 atom stereocenters. The summed E-state index contributed by atoms with van der Waals surface area (Å²) in [6.07, 6.45) is 0. The number of methoxy groups -OCH3 is 1. The zero-order valence-corrected chi connectivity index (χ0v) is 11.4. The van der Waals surface area contributed by atoms with E-state index in [0.29, 0.717) is 6.61 Å². The van der Waals surface area contributed by atoms with Crippen LogP contribution in [-0.4, -0.2) is 20.8 Å². The van der Waals surface area contributed by atoms with Crippen LogP contribution < -0.4 is 5.32 Å². The predicted octanol–water partition coefficient (Wildman–Crippen LogP) is 3.12. The first-order valence-electron chi connectivity index (χ1n) is 4.30. The Bertz CT molecular complexity index is 304. The van der Waals surface area contributed by atoms with Crippen LogP contribution in [0.1, 0.15) is 11.6 Å². The zero-order valence-electron chi connectivity index (χ0n) is 8.18. The topological polar surface area (TPSA) is 21.3 Å². The summed E-state index contributed by atoms with van der Waals surface area (Å²) in [7, 11) is 3.63. The van der Waals surface area contributed by atoms with Crippen molar-refractivity contribution in [2.75, 3.05) is 20.8 Å². The highest BCUT2D eigenvalue weighted by Gasteiger charge is 2.11. The molecule has 2 nitrogen and oxygen atoms in total. The lowest BCUT2D eigenvalue weighted by molar-refractivity contribution is 0.170. The van der Waals surface area contributed by atoms with Crippen molar-refractivity contribution in [1.82, 2.24) is 5.32 Å². The van der Waals surface area contributed by atoms with Gasteiger partial charge in [0.15, 0.2) is 0 Å². The summed E-state index contributed by atoms with van der Waals surface area (Å²) in [6.45, 7) is 0.663. The monoisotopic (exact) mass is 321 g/mol. The number of benzene rings is 1. The van der Waals surface area contributed by atoms with Gasteiger partial charge in [0, 0.05) is 16.1 Å². The molecule has 14 heavy (non-hydrogen) atoms. The minimum absolute atomic E-state index is 0.225. The average Bonchev–Trinajstić information content (AvgIpc) is 2.15. The molecule has 1 N–H and O–H groups in total. The molecule has 1 unspecified atom stereocenters. The molecule has 0 heterocycles. The van der Waals surface area contributed by atoms with Crippen LogP contribution in [0.15, 0.2) is 27.1 Å². The van der Waals surface area contributed by atoms with Crippen LogP contribution >= 0.6 is 31.9 Å². The maximum atomic E-state index is 5.14. The maximum Gasteiger partial charge on any atom is 0.0658 e. The van der Waals surface area contributed by atoms with Gasteiger partial charge in [-0.05, 0) is 24.7 Å². The van der Waals surface area contributed by atoms with Crippen LogP contribution in [0.25, 0.3) is 0 Å². The third-order valence-electron chi connectivity index (χ3n) is 2.02. The van der Waals surface area contributed by atoms with Gasteiger partial charge in [0.1, 0.15) is 0 Å². The molecular weight excluding hydrogens is 310 g/mol. The Kier molecular flexibility index (Phi) is 5.09. The number of likely N-dealkylation sites (N-methyl/N-ethyl adjacent to an activating group) is 1. The average molecular weight is 323 g/mol. The van der Waals surface area contributed by atoms with Gasteiger partial charge in [-0.1, -0.05) is 37.9 Å². The van der Waals surface area contributed by atoms with Crippen LogP contribution in [0.3, 0.4) is 0 Å². The molecule has 1 aromatic carbocycles. The fourth-order valence-electron chi connectivity index (χ4n) is 1.28. The van der Waals surface area contributed by atoms with E-state index in [1.54, 1.807) is 7.11 Å². The molecule has 0 spiro atoms. The van der Waals surface area contributed by atoms with E-state index in [0.717, 1.165) is 8.95 Å². The van der Waals surface area contributed by atoms with Gasteiger partial charge in [0.25, 0.3) is 0 Å². The van der Waals surface area contributed by atoms with Crippen LogP contribution in [0.4, 0.5) is 0 Å². The summed E-state index contributed by atoms with van der Waals surface area (Å²) in [5.74, 6) is 0. The van der Waals surface area contributed by atoms with Crippen molar-refractivity contribution in [3.05, 3.63) is 32.7 Å². The van der Waals surface area contributed by atoms with Crippen molar-refractivity contribution in [2.24, 2.45) is 0 Å². The van der Waals surface area contributed by atoms with Gasteiger partial charge in [-0.15, -0.1) is 0 Å². The molecule has 1 aromatic rings. The van der Waals surface area contributed by atoms with Crippen molar-refractivity contribution < 1.29 is 4.74 Å². The fourth-order valence-corrected chi connectivity index (χ4v) is 2.60. The Morgan fingerprint density at radius 1 is 1.43 bits per heavy atom. The summed E-state index contributed by atoms with van der Waals surface area (Å²) in [5.41, 5.74) is 1.21. The third-order valence-corrected chi connectivity index (χ3v) is 3.20. The maximum absolute atomic E-state index is 5.14. The first-order chi connectivity index (χ1) is 6.69. The number of ether oxygens (including phenoxy) is 1.